The van der Waals surface area contributed by atoms with Crippen LogP contribution in [-0.2, 0) is 4.79 Å². The number of carbonyl (C=O) groups is 1. The quantitative estimate of drug-likeness (QED) is 0.389. The number of carbonyl (C=O) groups excluding carboxylic acids is 1. The SMILES string of the molecule is O=C(CC(c1ccccc1)c1ccccc1)Nc1ccc(-c2ccncc2Cl)cc1. The minimum absolute atomic E-state index is 0.00213. The molecular formula is C26H21ClN2O. The summed E-state index contributed by atoms with van der Waals surface area (Å²) in [6.07, 6.45) is 3.70. The molecular weight excluding hydrogens is 392 g/mol. The number of rotatable bonds is 6. The van der Waals surface area contributed by atoms with E-state index in [-0.39, 0.29) is 11.8 Å². The van der Waals surface area contributed by atoms with Crippen LogP contribution in [0, 0.1) is 0 Å². The Morgan fingerprint density at radius 2 is 1.43 bits per heavy atom. The Labute approximate surface area is 181 Å². The van der Waals surface area contributed by atoms with Crippen LogP contribution in [-0.4, -0.2) is 10.9 Å². The molecule has 3 nitrogen and oxygen atoms in total. The second-order valence-corrected chi connectivity index (χ2v) is 7.47. The molecule has 4 rings (SSSR count). The summed E-state index contributed by atoms with van der Waals surface area (Å²) < 4.78 is 0. The maximum atomic E-state index is 12.8. The molecule has 30 heavy (non-hydrogen) atoms. The first kappa shape index (κ1) is 19.9. The molecule has 0 atom stereocenters. The number of pyridine rings is 1. The van der Waals surface area contributed by atoms with E-state index >= 15 is 0 Å². The molecule has 1 heterocycles. The lowest BCUT2D eigenvalue weighted by atomic mass is 9.88. The Balaban J connectivity index is 1.49. The highest BCUT2D eigenvalue weighted by molar-refractivity contribution is 6.33. The second kappa shape index (κ2) is 9.38. The zero-order chi connectivity index (χ0) is 20.8. The summed E-state index contributed by atoms with van der Waals surface area (Å²) in [5.74, 6) is -0.0234. The van der Waals surface area contributed by atoms with Gasteiger partial charge in [-0.05, 0) is 34.9 Å². The van der Waals surface area contributed by atoms with Crippen LogP contribution >= 0.6 is 11.6 Å². The van der Waals surface area contributed by atoms with Crippen LogP contribution in [0.5, 0.6) is 0 Å². The molecule has 0 saturated heterocycles. The highest BCUT2D eigenvalue weighted by atomic mass is 35.5. The topological polar surface area (TPSA) is 42.0 Å². The summed E-state index contributed by atoms with van der Waals surface area (Å²) in [6, 6.07) is 29.8. The van der Waals surface area contributed by atoms with E-state index in [1.807, 2.05) is 66.7 Å². The zero-order valence-electron chi connectivity index (χ0n) is 16.3. The van der Waals surface area contributed by atoms with Crippen molar-refractivity contribution in [2.75, 3.05) is 5.32 Å². The average molecular weight is 413 g/mol. The fourth-order valence-corrected chi connectivity index (χ4v) is 3.77. The van der Waals surface area contributed by atoms with E-state index < -0.39 is 0 Å². The van der Waals surface area contributed by atoms with E-state index in [2.05, 4.69) is 34.6 Å². The number of nitrogens with one attached hydrogen (secondary N) is 1. The fourth-order valence-electron chi connectivity index (χ4n) is 3.54. The molecule has 0 radical (unpaired) electrons. The summed E-state index contributed by atoms with van der Waals surface area (Å²) in [7, 11) is 0. The largest absolute Gasteiger partial charge is 0.326 e. The lowest BCUT2D eigenvalue weighted by Crippen LogP contribution is -2.16. The lowest BCUT2D eigenvalue weighted by Gasteiger charge is -2.18. The van der Waals surface area contributed by atoms with Gasteiger partial charge in [0, 0.05) is 36.0 Å². The maximum Gasteiger partial charge on any atom is 0.225 e. The van der Waals surface area contributed by atoms with Gasteiger partial charge in [-0.2, -0.15) is 0 Å². The molecule has 0 aliphatic rings. The van der Waals surface area contributed by atoms with E-state index in [0.717, 1.165) is 27.9 Å². The van der Waals surface area contributed by atoms with Crippen LogP contribution in [0.2, 0.25) is 5.02 Å². The van der Waals surface area contributed by atoms with Crippen LogP contribution in [0.3, 0.4) is 0 Å². The number of halogens is 1. The van der Waals surface area contributed by atoms with E-state index in [1.165, 1.54) is 0 Å². The van der Waals surface area contributed by atoms with Crippen molar-refractivity contribution >= 4 is 23.2 Å². The van der Waals surface area contributed by atoms with E-state index in [0.29, 0.717) is 11.4 Å². The van der Waals surface area contributed by atoms with Crippen molar-refractivity contribution < 1.29 is 4.79 Å². The normalized spacial score (nSPS) is 10.7. The lowest BCUT2D eigenvalue weighted by molar-refractivity contribution is -0.116. The van der Waals surface area contributed by atoms with Crippen LogP contribution < -0.4 is 5.32 Å². The second-order valence-electron chi connectivity index (χ2n) is 7.06. The Bertz CT molecular complexity index is 1070. The number of aromatic nitrogens is 1. The third-order valence-corrected chi connectivity index (χ3v) is 5.35. The Morgan fingerprint density at radius 1 is 0.833 bits per heavy atom. The number of anilines is 1. The van der Waals surface area contributed by atoms with Crippen molar-refractivity contribution in [2.24, 2.45) is 0 Å². The molecule has 1 aromatic heterocycles. The molecule has 3 aromatic carbocycles. The molecule has 0 saturated carbocycles. The van der Waals surface area contributed by atoms with Gasteiger partial charge in [0.1, 0.15) is 0 Å². The van der Waals surface area contributed by atoms with Gasteiger partial charge in [0.2, 0.25) is 5.91 Å². The van der Waals surface area contributed by atoms with Crippen LogP contribution in [0.4, 0.5) is 5.69 Å². The average Bonchev–Trinajstić information content (AvgIpc) is 2.80. The summed E-state index contributed by atoms with van der Waals surface area (Å²) in [6.45, 7) is 0. The van der Waals surface area contributed by atoms with Gasteiger partial charge in [0.05, 0.1) is 5.02 Å². The molecule has 0 aliphatic carbocycles. The smallest absolute Gasteiger partial charge is 0.225 e. The van der Waals surface area contributed by atoms with E-state index in [4.69, 9.17) is 11.6 Å². The molecule has 4 heteroatoms. The van der Waals surface area contributed by atoms with Crippen molar-refractivity contribution in [3.63, 3.8) is 0 Å². The predicted octanol–water partition coefficient (Wildman–Crippen LogP) is 6.56. The first-order chi connectivity index (χ1) is 14.7. The van der Waals surface area contributed by atoms with Crippen LogP contribution in [0.25, 0.3) is 11.1 Å². The molecule has 1 N–H and O–H groups in total. The first-order valence-corrected chi connectivity index (χ1v) is 10.2. The van der Waals surface area contributed by atoms with Gasteiger partial charge < -0.3 is 5.32 Å². The molecule has 0 spiro atoms. The molecule has 0 fully saturated rings. The number of benzene rings is 3. The standard InChI is InChI=1S/C26H21ClN2O/c27-25-18-28-16-15-23(25)21-11-13-22(14-12-21)29-26(30)17-24(19-7-3-1-4-8-19)20-9-5-2-6-10-20/h1-16,18,24H,17H2,(H,29,30). The van der Waals surface area contributed by atoms with Crippen LogP contribution in [0.1, 0.15) is 23.5 Å². The number of nitrogens with zero attached hydrogens (tertiary/aromatic N) is 1. The van der Waals surface area contributed by atoms with Gasteiger partial charge in [-0.1, -0.05) is 84.4 Å². The van der Waals surface area contributed by atoms with Gasteiger partial charge in [0.25, 0.3) is 0 Å². The van der Waals surface area contributed by atoms with E-state index in [1.54, 1.807) is 12.4 Å². The maximum absolute atomic E-state index is 12.8. The summed E-state index contributed by atoms with van der Waals surface area (Å²) in [4.78, 5) is 16.9. The predicted molar refractivity (Wildman–Crippen MR) is 123 cm³/mol. The van der Waals surface area contributed by atoms with Gasteiger partial charge >= 0.3 is 0 Å². The van der Waals surface area contributed by atoms with Crippen molar-refractivity contribution in [2.45, 2.75) is 12.3 Å². The van der Waals surface area contributed by atoms with Crippen molar-refractivity contribution in [3.05, 3.63) is 120 Å². The number of hydrogen-bond acceptors (Lipinski definition) is 2. The van der Waals surface area contributed by atoms with Crippen molar-refractivity contribution in [1.82, 2.24) is 4.98 Å². The fraction of sp³-hybridized carbons (Fsp3) is 0.0769. The molecule has 0 aliphatic heterocycles. The zero-order valence-corrected chi connectivity index (χ0v) is 17.1. The van der Waals surface area contributed by atoms with Gasteiger partial charge in [-0.25, -0.2) is 0 Å². The Hall–Kier alpha value is -3.43. The highest BCUT2D eigenvalue weighted by Gasteiger charge is 2.18. The molecule has 0 bridgehead atoms. The molecule has 1 amide bonds. The van der Waals surface area contributed by atoms with Gasteiger partial charge in [-0.15, -0.1) is 0 Å². The van der Waals surface area contributed by atoms with Crippen LogP contribution in [0.15, 0.2) is 103 Å². The van der Waals surface area contributed by atoms with Gasteiger partial charge in [0.15, 0.2) is 0 Å². The summed E-state index contributed by atoms with van der Waals surface area (Å²) >= 11 is 6.22. The highest BCUT2D eigenvalue weighted by Crippen LogP contribution is 2.30. The van der Waals surface area contributed by atoms with Gasteiger partial charge in [-0.3, -0.25) is 9.78 Å². The Kier molecular flexibility index (Phi) is 6.21. The van der Waals surface area contributed by atoms with Crippen molar-refractivity contribution in [3.8, 4) is 11.1 Å². The molecule has 4 aromatic rings. The Morgan fingerprint density at radius 3 is 2.00 bits per heavy atom. The molecule has 0 unspecified atom stereocenters. The number of hydrogen-bond donors (Lipinski definition) is 1. The van der Waals surface area contributed by atoms with E-state index in [9.17, 15) is 4.79 Å². The van der Waals surface area contributed by atoms with Crippen molar-refractivity contribution in [1.29, 1.82) is 0 Å². The minimum atomic E-state index is -0.0256. The molecule has 148 valence electrons. The first-order valence-electron chi connectivity index (χ1n) is 9.80. The summed E-state index contributed by atoms with van der Waals surface area (Å²) in [5, 5.41) is 3.62. The third-order valence-electron chi connectivity index (χ3n) is 5.05. The third kappa shape index (κ3) is 4.76. The number of amides is 1. The monoisotopic (exact) mass is 412 g/mol. The minimum Gasteiger partial charge on any atom is -0.326 e. The summed E-state index contributed by atoms with van der Waals surface area (Å²) in [5.41, 5.74) is 4.90.